The molecule has 0 aliphatic heterocycles. The smallest absolute Gasteiger partial charge is 0.0267 e. The van der Waals surface area contributed by atoms with Crippen molar-refractivity contribution in [1.82, 2.24) is 5.59 Å². The fourth-order valence-corrected chi connectivity index (χ4v) is 0.591. The molecule has 54 valence electrons. The van der Waals surface area contributed by atoms with E-state index in [1.807, 2.05) is 0 Å². The fourth-order valence-electron chi connectivity index (χ4n) is 0.591. The van der Waals surface area contributed by atoms with Gasteiger partial charge in [-0.15, -0.1) is 0 Å². The highest BCUT2D eigenvalue weighted by molar-refractivity contribution is 5.56. The first kappa shape index (κ1) is 8.43. The van der Waals surface area contributed by atoms with E-state index in [-0.39, 0.29) is 0 Å². The van der Waals surface area contributed by atoms with Crippen molar-refractivity contribution in [2.45, 2.75) is 32.6 Å². The summed E-state index contributed by atoms with van der Waals surface area (Å²) in [7, 11) is 0. The Balaban J connectivity index is 2.82. The second-order valence-corrected chi connectivity index (χ2v) is 1.91. The van der Waals surface area contributed by atoms with E-state index in [9.17, 15) is 0 Å². The van der Waals surface area contributed by atoms with Crippen LogP contribution in [0.15, 0.2) is 5.10 Å². The molecule has 0 fully saturated rings. The van der Waals surface area contributed by atoms with Gasteiger partial charge < -0.3 is 0 Å². The monoisotopic (exact) mass is 130 g/mol. The van der Waals surface area contributed by atoms with Gasteiger partial charge in [0.1, 0.15) is 0 Å². The van der Waals surface area contributed by atoms with Crippen LogP contribution in [0.5, 0.6) is 0 Å². The zero-order valence-electron chi connectivity index (χ0n) is 5.80. The molecule has 0 atom stereocenters. The van der Waals surface area contributed by atoms with Gasteiger partial charge in [-0.1, -0.05) is 19.8 Å². The predicted molar refractivity (Wildman–Crippen MR) is 37.6 cm³/mol. The Bertz CT molecular complexity index is 73.5. The highest BCUT2D eigenvalue weighted by Crippen LogP contribution is 1.95. The molecule has 0 aromatic heterocycles. The first-order valence-electron chi connectivity index (χ1n) is 3.32. The Morgan fingerprint density at radius 2 is 2.33 bits per heavy atom. The molecule has 0 bridgehead atoms. The third kappa shape index (κ3) is 7.43. The Kier molecular flexibility index (Phi) is 6.96. The molecule has 0 rings (SSSR count). The molecule has 0 aliphatic rings. The minimum atomic E-state index is 0.946. The van der Waals surface area contributed by atoms with E-state index in [1.54, 1.807) is 11.8 Å². The Morgan fingerprint density at radius 1 is 1.56 bits per heavy atom. The highest BCUT2D eigenvalue weighted by Gasteiger charge is 1.80. The van der Waals surface area contributed by atoms with Gasteiger partial charge in [-0.25, -0.2) is 0 Å². The van der Waals surface area contributed by atoms with Gasteiger partial charge >= 0.3 is 0 Å². The topological polar surface area (TPSA) is 44.6 Å². The van der Waals surface area contributed by atoms with Crippen LogP contribution in [0.2, 0.25) is 0 Å². The zero-order valence-corrected chi connectivity index (χ0v) is 5.80. The lowest BCUT2D eigenvalue weighted by atomic mass is 10.2. The first-order chi connectivity index (χ1) is 4.41. The van der Waals surface area contributed by atoms with Gasteiger partial charge in [0, 0.05) is 6.21 Å². The van der Waals surface area contributed by atoms with Crippen LogP contribution in [0.3, 0.4) is 0 Å². The van der Waals surface area contributed by atoms with Crippen LogP contribution in [-0.2, 0) is 0 Å². The average Bonchev–Trinajstić information content (AvgIpc) is 1.89. The molecule has 0 aromatic carbocycles. The summed E-state index contributed by atoms with van der Waals surface area (Å²) in [5.41, 5.74) is 1.71. The molecule has 0 aromatic rings. The number of hydrazone groups is 1. The van der Waals surface area contributed by atoms with Crippen molar-refractivity contribution in [2.75, 3.05) is 0 Å². The van der Waals surface area contributed by atoms with Gasteiger partial charge in [0.05, 0.1) is 0 Å². The lowest BCUT2D eigenvalue weighted by Crippen LogP contribution is -1.94. The molecule has 0 amide bonds. The summed E-state index contributed by atoms with van der Waals surface area (Å²) in [6.45, 7) is 2.15. The van der Waals surface area contributed by atoms with E-state index >= 15 is 0 Å². The van der Waals surface area contributed by atoms with E-state index in [0.29, 0.717) is 0 Å². The van der Waals surface area contributed by atoms with Crippen molar-refractivity contribution in [3.63, 3.8) is 0 Å². The molecular weight excluding hydrogens is 116 g/mol. The number of rotatable bonds is 5. The summed E-state index contributed by atoms with van der Waals surface area (Å²) in [5, 5.41) is 11.4. The number of nitrogens with zero attached hydrogens (tertiary/aromatic N) is 1. The van der Waals surface area contributed by atoms with E-state index in [1.165, 1.54) is 12.8 Å². The summed E-state index contributed by atoms with van der Waals surface area (Å²) in [6.07, 6.45) is 6.23. The Labute approximate surface area is 55.7 Å². The molecule has 0 heterocycles. The molecule has 0 spiro atoms. The molecule has 0 saturated heterocycles. The minimum absolute atomic E-state index is 0.946. The maximum atomic E-state index is 7.97. The maximum Gasteiger partial charge on any atom is 0.0267 e. The summed E-state index contributed by atoms with van der Waals surface area (Å²) >= 11 is 0. The van der Waals surface area contributed by atoms with E-state index < -0.39 is 0 Å². The van der Waals surface area contributed by atoms with Crippen LogP contribution >= 0.6 is 0 Å². The van der Waals surface area contributed by atoms with Crippen LogP contribution < -0.4 is 5.59 Å². The molecular formula is C6H14N2O. The second kappa shape index (κ2) is 7.43. The molecule has 3 nitrogen and oxygen atoms in total. The van der Waals surface area contributed by atoms with Crippen molar-refractivity contribution >= 4 is 6.21 Å². The van der Waals surface area contributed by atoms with Gasteiger partial charge in [0.2, 0.25) is 0 Å². The van der Waals surface area contributed by atoms with E-state index in [4.69, 9.17) is 5.21 Å². The number of unbranched alkanes of at least 4 members (excludes halogenated alkanes) is 3. The van der Waals surface area contributed by atoms with Crippen LogP contribution in [0, 0.1) is 0 Å². The second-order valence-electron chi connectivity index (χ2n) is 1.91. The number of hydrogen-bond donors (Lipinski definition) is 2. The van der Waals surface area contributed by atoms with Crippen LogP contribution in [0.4, 0.5) is 0 Å². The summed E-state index contributed by atoms with van der Waals surface area (Å²) in [5.74, 6) is 0. The third-order valence-electron chi connectivity index (χ3n) is 1.09. The van der Waals surface area contributed by atoms with Gasteiger partial charge in [-0.3, -0.25) is 5.21 Å². The summed E-state index contributed by atoms with van der Waals surface area (Å²) in [6, 6.07) is 0. The van der Waals surface area contributed by atoms with E-state index in [0.717, 1.165) is 12.8 Å². The Morgan fingerprint density at radius 3 is 2.89 bits per heavy atom. The van der Waals surface area contributed by atoms with Gasteiger partial charge in [0.15, 0.2) is 0 Å². The van der Waals surface area contributed by atoms with Gasteiger partial charge in [0.25, 0.3) is 0 Å². The SMILES string of the molecule is CCCCC/C=N\NO. The molecule has 0 aliphatic carbocycles. The Hall–Kier alpha value is -0.570. The average molecular weight is 130 g/mol. The molecule has 2 N–H and O–H groups in total. The molecule has 0 saturated carbocycles. The molecule has 0 radical (unpaired) electrons. The molecule has 0 unspecified atom stereocenters. The van der Waals surface area contributed by atoms with Crippen LogP contribution in [0.1, 0.15) is 32.6 Å². The third-order valence-corrected chi connectivity index (χ3v) is 1.09. The standard InChI is InChI=1S/C6H14N2O/c1-2-3-4-5-6-7-8-9/h6,8-9H,2-5H2,1H3/b7-6-. The fraction of sp³-hybridized carbons (Fsp3) is 0.833. The predicted octanol–water partition coefficient (Wildman–Crippen LogP) is 1.53. The van der Waals surface area contributed by atoms with Crippen molar-refractivity contribution in [2.24, 2.45) is 5.10 Å². The van der Waals surface area contributed by atoms with Crippen molar-refractivity contribution in [3.8, 4) is 0 Å². The number of hydrogen-bond acceptors (Lipinski definition) is 3. The van der Waals surface area contributed by atoms with E-state index in [2.05, 4.69) is 12.0 Å². The molecule has 3 heteroatoms. The first-order valence-corrected chi connectivity index (χ1v) is 3.32. The van der Waals surface area contributed by atoms with Crippen molar-refractivity contribution in [1.29, 1.82) is 0 Å². The van der Waals surface area contributed by atoms with Crippen LogP contribution in [-0.4, -0.2) is 11.4 Å². The normalized spacial score (nSPS) is 10.4. The lowest BCUT2D eigenvalue weighted by Gasteiger charge is -1.89. The summed E-state index contributed by atoms with van der Waals surface area (Å²) in [4.78, 5) is 0. The lowest BCUT2D eigenvalue weighted by molar-refractivity contribution is 0.172. The highest BCUT2D eigenvalue weighted by atomic mass is 16.5. The molecule has 9 heavy (non-hydrogen) atoms. The van der Waals surface area contributed by atoms with Gasteiger partial charge in [-0.05, 0) is 12.8 Å². The maximum absolute atomic E-state index is 7.97. The van der Waals surface area contributed by atoms with Gasteiger partial charge in [-0.2, -0.15) is 10.7 Å². The quantitative estimate of drug-likeness (QED) is 0.337. The van der Waals surface area contributed by atoms with Crippen molar-refractivity contribution in [3.05, 3.63) is 0 Å². The number of nitrogens with one attached hydrogen (secondary N) is 1. The minimum Gasteiger partial charge on any atom is -0.274 e. The zero-order chi connectivity index (χ0) is 6.95. The summed E-state index contributed by atoms with van der Waals surface area (Å²) < 4.78 is 0. The van der Waals surface area contributed by atoms with Crippen molar-refractivity contribution < 1.29 is 5.21 Å². The van der Waals surface area contributed by atoms with Crippen LogP contribution in [0.25, 0.3) is 0 Å². The largest absolute Gasteiger partial charge is 0.274 e.